The second-order valence-corrected chi connectivity index (χ2v) is 7.88. The highest BCUT2D eigenvalue weighted by Crippen LogP contribution is 2.30. The summed E-state index contributed by atoms with van der Waals surface area (Å²) in [6, 6.07) is 11.3. The highest BCUT2D eigenvalue weighted by molar-refractivity contribution is 5.28. The molecule has 0 amide bonds. The Morgan fingerprint density at radius 2 is 1.19 bits per heavy atom. The van der Waals surface area contributed by atoms with Crippen LogP contribution in [0.2, 0.25) is 0 Å². The number of unbranched alkanes of at least 4 members (excludes halogenated alkanes) is 6. The average molecular weight is 459 g/mol. The topological polar surface area (TPSA) is 18.5 Å². The molecule has 32 heavy (non-hydrogen) atoms. The molecule has 0 saturated heterocycles. The zero-order valence-corrected chi connectivity index (χ0v) is 18.4. The fourth-order valence-electron chi connectivity index (χ4n) is 3.39. The molecule has 0 aromatic heterocycles. The van der Waals surface area contributed by atoms with Gasteiger partial charge in [-0.25, -0.2) is 0 Å². The van der Waals surface area contributed by atoms with E-state index in [-0.39, 0.29) is 24.3 Å². The number of rotatable bonds is 14. The molecule has 0 bridgehead atoms. The van der Waals surface area contributed by atoms with Crippen LogP contribution in [-0.4, -0.2) is 13.0 Å². The van der Waals surface area contributed by atoms with Crippen molar-refractivity contribution in [2.45, 2.75) is 77.2 Å². The van der Waals surface area contributed by atoms with Gasteiger partial charge in [0.2, 0.25) is 0 Å². The number of alkyl halides is 5. The van der Waals surface area contributed by atoms with Gasteiger partial charge < -0.3 is 9.47 Å². The van der Waals surface area contributed by atoms with Crippen LogP contribution in [-0.2, 0) is 23.7 Å². The van der Waals surface area contributed by atoms with Crippen molar-refractivity contribution in [1.82, 2.24) is 0 Å². The molecule has 0 fully saturated rings. The van der Waals surface area contributed by atoms with Crippen LogP contribution in [0.4, 0.5) is 22.0 Å². The number of ether oxygens (including phenoxy) is 2. The summed E-state index contributed by atoms with van der Waals surface area (Å²) in [7, 11) is 0. The summed E-state index contributed by atoms with van der Waals surface area (Å²) >= 11 is 0. The molecule has 0 radical (unpaired) electrons. The van der Waals surface area contributed by atoms with Gasteiger partial charge in [0, 0.05) is 0 Å². The molecule has 0 saturated carbocycles. The highest BCUT2D eigenvalue weighted by atomic mass is 19.4. The quantitative estimate of drug-likeness (QED) is 0.210. The maximum absolute atomic E-state index is 14.3. The van der Waals surface area contributed by atoms with Crippen molar-refractivity contribution in [2.24, 2.45) is 0 Å². The molecule has 0 unspecified atom stereocenters. The first-order valence-corrected chi connectivity index (χ1v) is 11.2. The maximum Gasteiger partial charge on any atom is 0.573 e. The van der Waals surface area contributed by atoms with Crippen LogP contribution in [0, 0.1) is 0 Å². The van der Waals surface area contributed by atoms with Crippen LogP contribution in [0.3, 0.4) is 0 Å². The van der Waals surface area contributed by atoms with Gasteiger partial charge in [0.15, 0.2) is 0 Å². The average Bonchev–Trinajstić information content (AvgIpc) is 2.73. The summed E-state index contributed by atoms with van der Waals surface area (Å²) in [5.41, 5.74) is 1.38. The molecule has 7 heteroatoms. The molecule has 0 heterocycles. The fourth-order valence-corrected chi connectivity index (χ4v) is 3.39. The van der Waals surface area contributed by atoms with Gasteiger partial charge in [0.1, 0.15) is 5.75 Å². The van der Waals surface area contributed by atoms with Crippen LogP contribution < -0.4 is 4.74 Å². The standard InChI is InChI=1S/C25H31F5O2/c1-2-3-4-5-6-7-8-9-20-10-14-22(15-11-20)24(26,27)31-19-18-21-12-16-23(17-13-21)32-25(28,29)30/h10-17H,2-9,18-19H2,1H3. The van der Waals surface area contributed by atoms with Crippen molar-refractivity contribution in [3.05, 3.63) is 65.2 Å². The van der Waals surface area contributed by atoms with Crippen molar-refractivity contribution < 1.29 is 31.4 Å². The third-order valence-electron chi connectivity index (χ3n) is 5.19. The van der Waals surface area contributed by atoms with Crippen LogP contribution in [0.1, 0.15) is 68.6 Å². The first-order valence-electron chi connectivity index (χ1n) is 11.2. The molecule has 0 atom stereocenters. The Morgan fingerprint density at radius 1 is 0.656 bits per heavy atom. The van der Waals surface area contributed by atoms with Gasteiger partial charge in [0.05, 0.1) is 12.2 Å². The summed E-state index contributed by atoms with van der Waals surface area (Å²) in [6.45, 7) is 1.92. The van der Waals surface area contributed by atoms with E-state index >= 15 is 0 Å². The molecule has 0 aliphatic carbocycles. The van der Waals surface area contributed by atoms with Gasteiger partial charge in [-0.15, -0.1) is 13.2 Å². The Morgan fingerprint density at radius 3 is 1.78 bits per heavy atom. The third-order valence-corrected chi connectivity index (χ3v) is 5.19. The molecule has 178 valence electrons. The summed E-state index contributed by atoms with van der Waals surface area (Å²) in [4.78, 5) is 0. The number of aryl methyl sites for hydroxylation is 1. The van der Waals surface area contributed by atoms with Gasteiger partial charge in [-0.2, -0.15) is 8.78 Å². The minimum absolute atomic E-state index is 0.137. The van der Waals surface area contributed by atoms with E-state index in [9.17, 15) is 22.0 Å². The lowest BCUT2D eigenvalue weighted by Crippen LogP contribution is -2.20. The predicted molar refractivity (Wildman–Crippen MR) is 115 cm³/mol. The van der Waals surface area contributed by atoms with Crippen LogP contribution in [0.25, 0.3) is 0 Å². The Kier molecular flexibility index (Phi) is 10.4. The Balaban J connectivity index is 1.73. The summed E-state index contributed by atoms with van der Waals surface area (Å²) in [5.74, 6) is -0.357. The first-order chi connectivity index (χ1) is 15.2. The van der Waals surface area contributed by atoms with Gasteiger partial charge >= 0.3 is 12.5 Å². The number of hydrogen-bond donors (Lipinski definition) is 0. The predicted octanol–water partition coefficient (Wildman–Crippen LogP) is 8.19. The molecule has 0 spiro atoms. The Bertz CT molecular complexity index is 770. The van der Waals surface area contributed by atoms with E-state index in [0.717, 1.165) is 37.0 Å². The highest BCUT2D eigenvalue weighted by Gasteiger charge is 2.33. The van der Waals surface area contributed by atoms with Gasteiger partial charge in [-0.05, 0) is 42.5 Å². The molecule has 2 nitrogen and oxygen atoms in total. The van der Waals surface area contributed by atoms with Crippen molar-refractivity contribution in [2.75, 3.05) is 6.61 Å². The molecule has 0 aliphatic rings. The van der Waals surface area contributed by atoms with Crippen LogP contribution in [0.15, 0.2) is 48.5 Å². The molecule has 0 N–H and O–H groups in total. The Labute approximate surface area is 186 Å². The second kappa shape index (κ2) is 12.8. The monoisotopic (exact) mass is 458 g/mol. The van der Waals surface area contributed by atoms with Gasteiger partial charge in [-0.3, -0.25) is 0 Å². The maximum atomic E-state index is 14.3. The SMILES string of the molecule is CCCCCCCCCc1ccc(C(F)(F)OCCc2ccc(OC(F)(F)F)cc2)cc1. The smallest absolute Gasteiger partial charge is 0.406 e. The number of benzene rings is 2. The number of hydrogen-bond acceptors (Lipinski definition) is 2. The van der Waals surface area contributed by atoms with E-state index in [1.807, 2.05) is 0 Å². The van der Waals surface area contributed by atoms with Crippen molar-refractivity contribution in [3.63, 3.8) is 0 Å². The lowest BCUT2D eigenvalue weighted by molar-refractivity contribution is -0.274. The zero-order valence-electron chi connectivity index (χ0n) is 18.4. The minimum Gasteiger partial charge on any atom is -0.406 e. The minimum atomic E-state index is -4.77. The van der Waals surface area contributed by atoms with Gasteiger partial charge in [0.25, 0.3) is 0 Å². The van der Waals surface area contributed by atoms with Crippen molar-refractivity contribution in [1.29, 1.82) is 0 Å². The normalized spacial score (nSPS) is 12.2. The summed E-state index contributed by atoms with van der Waals surface area (Å²) in [5, 5.41) is 0. The summed E-state index contributed by atoms with van der Waals surface area (Å²) in [6.07, 6.45) is 1.25. The fraction of sp³-hybridized carbons (Fsp3) is 0.520. The largest absolute Gasteiger partial charge is 0.573 e. The zero-order chi connectivity index (χ0) is 23.5. The van der Waals surface area contributed by atoms with E-state index < -0.39 is 12.5 Å². The third kappa shape index (κ3) is 9.98. The molecular formula is C25H31F5O2. The first kappa shape index (κ1) is 26.1. The van der Waals surface area contributed by atoms with Crippen molar-refractivity contribution >= 4 is 0 Å². The van der Waals surface area contributed by atoms with E-state index in [4.69, 9.17) is 4.74 Å². The molecule has 2 aromatic carbocycles. The van der Waals surface area contributed by atoms with Crippen molar-refractivity contribution in [3.8, 4) is 5.75 Å². The molecule has 2 rings (SSSR count). The summed E-state index contributed by atoms with van der Waals surface area (Å²) < 4.78 is 73.7. The van der Waals surface area contributed by atoms with Crippen LogP contribution >= 0.6 is 0 Å². The van der Waals surface area contributed by atoms with E-state index in [0.29, 0.717) is 5.56 Å². The van der Waals surface area contributed by atoms with E-state index in [1.165, 1.54) is 56.4 Å². The number of halogens is 5. The molecule has 0 aliphatic heterocycles. The molecule has 2 aromatic rings. The Hall–Kier alpha value is -2.15. The van der Waals surface area contributed by atoms with E-state index in [2.05, 4.69) is 11.7 Å². The second-order valence-electron chi connectivity index (χ2n) is 7.88. The molecular weight excluding hydrogens is 427 g/mol. The van der Waals surface area contributed by atoms with Gasteiger partial charge in [-0.1, -0.05) is 81.8 Å². The lowest BCUT2D eigenvalue weighted by Gasteiger charge is -2.18. The van der Waals surface area contributed by atoms with Crippen LogP contribution in [0.5, 0.6) is 5.75 Å². The van der Waals surface area contributed by atoms with E-state index in [1.54, 1.807) is 12.1 Å². The lowest BCUT2D eigenvalue weighted by atomic mass is 10.0.